The van der Waals surface area contributed by atoms with Crippen molar-refractivity contribution < 1.29 is 8.42 Å². The summed E-state index contributed by atoms with van der Waals surface area (Å²) in [6, 6.07) is 0. The number of aromatic nitrogens is 2. The molecule has 0 saturated carbocycles. The maximum atomic E-state index is 12.4. The third-order valence-corrected chi connectivity index (χ3v) is 5.35. The number of hydrogen-bond acceptors (Lipinski definition) is 6. The minimum absolute atomic E-state index is 0.0603. The number of nitrogens with two attached hydrogens (primary N) is 1. The highest BCUT2D eigenvalue weighted by atomic mass is 32.2. The topological polar surface area (TPSA) is 102 Å². The number of hydrazine groups is 1. The number of fused-ring (bicyclic) bond motifs is 1. The van der Waals surface area contributed by atoms with Crippen LogP contribution in [0.5, 0.6) is 0 Å². The van der Waals surface area contributed by atoms with E-state index >= 15 is 0 Å². The minimum Gasteiger partial charge on any atom is -0.306 e. The van der Waals surface area contributed by atoms with Crippen molar-refractivity contribution in [2.75, 3.05) is 12.0 Å². The van der Waals surface area contributed by atoms with Gasteiger partial charge in [0.15, 0.2) is 10.8 Å². The third-order valence-electron chi connectivity index (χ3n) is 3.11. The maximum absolute atomic E-state index is 12.4. The predicted molar refractivity (Wildman–Crippen MR) is 84.8 cm³/mol. The quantitative estimate of drug-likeness (QED) is 0.389. The molecule has 21 heavy (non-hydrogen) atoms. The standard InChI is InChI=1S/C12H21N5O2S2/c1-9(2)5-3-4-6-14-21(18,19)11-10(16-13)15-12-17(11)7-8-20-12/h7-9,14,16H,3-6,13H2,1-2H3. The van der Waals surface area contributed by atoms with E-state index in [0.29, 0.717) is 17.4 Å². The second-order valence-electron chi connectivity index (χ2n) is 5.25. The van der Waals surface area contributed by atoms with E-state index < -0.39 is 10.0 Å². The zero-order chi connectivity index (χ0) is 15.5. The molecule has 4 N–H and O–H groups in total. The number of rotatable bonds is 8. The van der Waals surface area contributed by atoms with Gasteiger partial charge in [0.05, 0.1) is 0 Å². The fourth-order valence-corrected chi connectivity index (χ4v) is 4.16. The second-order valence-corrected chi connectivity index (χ2v) is 7.81. The van der Waals surface area contributed by atoms with Crippen LogP contribution in [0.2, 0.25) is 0 Å². The number of nitrogens with zero attached hydrogens (tertiary/aromatic N) is 2. The third kappa shape index (κ3) is 3.73. The summed E-state index contributed by atoms with van der Waals surface area (Å²) in [6.45, 7) is 4.72. The molecule has 9 heteroatoms. The number of unbranched alkanes of at least 4 members (excludes halogenated alkanes) is 1. The fraction of sp³-hybridized carbons (Fsp3) is 0.583. The van der Waals surface area contributed by atoms with Crippen molar-refractivity contribution in [3.05, 3.63) is 11.6 Å². The molecular weight excluding hydrogens is 310 g/mol. The fourth-order valence-electron chi connectivity index (χ4n) is 2.07. The van der Waals surface area contributed by atoms with Gasteiger partial charge in [-0.25, -0.2) is 19.0 Å². The van der Waals surface area contributed by atoms with Crippen LogP contribution in [0, 0.1) is 5.92 Å². The molecule has 7 nitrogen and oxygen atoms in total. The van der Waals surface area contributed by atoms with Crippen LogP contribution in [-0.4, -0.2) is 24.3 Å². The van der Waals surface area contributed by atoms with Gasteiger partial charge in [-0.1, -0.05) is 26.7 Å². The summed E-state index contributed by atoms with van der Waals surface area (Å²) in [5, 5.41) is 1.84. The van der Waals surface area contributed by atoms with Crippen LogP contribution in [0.15, 0.2) is 16.6 Å². The molecule has 0 unspecified atom stereocenters. The zero-order valence-corrected chi connectivity index (χ0v) is 13.8. The molecule has 0 atom stereocenters. The maximum Gasteiger partial charge on any atom is 0.260 e. The Morgan fingerprint density at radius 2 is 2.19 bits per heavy atom. The van der Waals surface area contributed by atoms with Crippen LogP contribution in [0.3, 0.4) is 0 Å². The molecule has 118 valence electrons. The summed E-state index contributed by atoms with van der Waals surface area (Å²) < 4.78 is 29.0. The Morgan fingerprint density at radius 3 is 2.86 bits per heavy atom. The van der Waals surface area contributed by atoms with Gasteiger partial charge in [0.1, 0.15) is 0 Å². The van der Waals surface area contributed by atoms with Crippen molar-refractivity contribution in [3.8, 4) is 0 Å². The van der Waals surface area contributed by atoms with Crippen molar-refractivity contribution in [1.82, 2.24) is 14.1 Å². The van der Waals surface area contributed by atoms with Gasteiger partial charge in [-0.15, -0.1) is 11.3 Å². The van der Waals surface area contributed by atoms with Crippen LogP contribution in [0.1, 0.15) is 33.1 Å². The summed E-state index contributed by atoms with van der Waals surface area (Å²) >= 11 is 1.35. The Hall–Kier alpha value is -1.16. The van der Waals surface area contributed by atoms with Crippen molar-refractivity contribution >= 4 is 32.1 Å². The van der Waals surface area contributed by atoms with E-state index in [1.807, 2.05) is 0 Å². The molecule has 0 aliphatic heterocycles. The van der Waals surface area contributed by atoms with E-state index in [1.54, 1.807) is 11.6 Å². The molecule has 0 spiro atoms. The van der Waals surface area contributed by atoms with Gasteiger partial charge in [-0.2, -0.15) is 4.98 Å². The lowest BCUT2D eigenvalue weighted by atomic mass is 10.1. The molecule has 0 amide bonds. The van der Waals surface area contributed by atoms with Crippen LogP contribution >= 0.6 is 11.3 Å². The van der Waals surface area contributed by atoms with E-state index in [-0.39, 0.29) is 10.8 Å². The van der Waals surface area contributed by atoms with Crippen molar-refractivity contribution in [2.24, 2.45) is 11.8 Å². The molecule has 0 fully saturated rings. The first-order valence-corrected chi connectivity index (χ1v) is 9.24. The highest BCUT2D eigenvalue weighted by Crippen LogP contribution is 2.24. The Bertz CT molecular complexity index is 690. The average molecular weight is 331 g/mol. The van der Waals surface area contributed by atoms with E-state index in [0.717, 1.165) is 19.3 Å². The number of nitrogen functional groups attached to an aromatic ring is 1. The van der Waals surface area contributed by atoms with E-state index in [4.69, 9.17) is 5.84 Å². The lowest BCUT2D eigenvalue weighted by Gasteiger charge is -2.08. The molecule has 0 bridgehead atoms. The van der Waals surface area contributed by atoms with E-state index in [9.17, 15) is 8.42 Å². The Labute approximate surface area is 128 Å². The number of nitrogens with one attached hydrogen (secondary N) is 2. The summed E-state index contributed by atoms with van der Waals surface area (Å²) in [6.07, 6.45) is 4.58. The molecule has 0 aromatic carbocycles. The number of imidazole rings is 1. The second kappa shape index (κ2) is 6.73. The van der Waals surface area contributed by atoms with E-state index in [2.05, 4.69) is 29.0 Å². The summed E-state index contributed by atoms with van der Waals surface area (Å²) in [5.41, 5.74) is 2.35. The van der Waals surface area contributed by atoms with Crippen LogP contribution < -0.4 is 16.0 Å². The molecule has 0 aliphatic rings. The summed E-state index contributed by atoms with van der Waals surface area (Å²) in [4.78, 5) is 4.74. The molecule has 0 radical (unpaired) electrons. The predicted octanol–water partition coefficient (Wildman–Crippen LogP) is 1.79. The lowest BCUT2D eigenvalue weighted by Crippen LogP contribution is -2.27. The Balaban J connectivity index is 2.09. The smallest absolute Gasteiger partial charge is 0.260 e. The highest BCUT2D eigenvalue weighted by molar-refractivity contribution is 7.89. The molecule has 2 rings (SSSR count). The number of sulfonamides is 1. The summed E-state index contributed by atoms with van der Waals surface area (Å²) in [7, 11) is -3.64. The Kier molecular flexibility index (Phi) is 5.20. The van der Waals surface area contributed by atoms with Gasteiger partial charge < -0.3 is 5.43 Å². The largest absolute Gasteiger partial charge is 0.306 e. The van der Waals surface area contributed by atoms with E-state index in [1.165, 1.54) is 15.7 Å². The first kappa shape index (κ1) is 16.2. The first-order chi connectivity index (χ1) is 9.95. The molecular formula is C12H21N5O2S2. The Morgan fingerprint density at radius 1 is 1.43 bits per heavy atom. The van der Waals surface area contributed by atoms with Gasteiger partial charge >= 0.3 is 0 Å². The zero-order valence-electron chi connectivity index (χ0n) is 12.2. The van der Waals surface area contributed by atoms with Crippen molar-refractivity contribution in [3.63, 3.8) is 0 Å². The monoisotopic (exact) mass is 331 g/mol. The minimum atomic E-state index is -3.64. The van der Waals surface area contributed by atoms with Crippen molar-refractivity contribution in [2.45, 2.75) is 38.1 Å². The molecule has 0 aliphatic carbocycles. The number of thiazole rings is 1. The lowest BCUT2D eigenvalue weighted by molar-refractivity contribution is 0.530. The normalized spacial score (nSPS) is 12.4. The molecule has 2 aromatic rings. The first-order valence-electron chi connectivity index (χ1n) is 6.87. The van der Waals surface area contributed by atoms with Crippen LogP contribution in [-0.2, 0) is 10.0 Å². The SMILES string of the molecule is CC(C)CCCCNS(=O)(=O)c1c(NN)nc2sccn12. The average Bonchev–Trinajstić information content (AvgIpc) is 2.96. The molecule has 0 saturated heterocycles. The van der Waals surface area contributed by atoms with Gasteiger partial charge in [0.2, 0.25) is 5.03 Å². The van der Waals surface area contributed by atoms with Gasteiger partial charge in [-0.3, -0.25) is 4.40 Å². The van der Waals surface area contributed by atoms with Gasteiger partial charge in [-0.05, 0) is 12.3 Å². The molecule has 2 aromatic heterocycles. The summed E-state index contributed by atoms with van der Waals surface area (Å²) in [5.74, 6) is 6.16. The number of anilines is 1. The van der Waals surface area contributed by atoms with Gasteiger partial charge in [0.25, 0.3) is 10.0 Å². The van der Waals surface area contributed by atoms with Crippen LogP contribution in [0.25, 0.3) is 4.96 Å². The number of hydrogen-bond donors (Lipinski definition) is 3. The highest BCUT2D eigenvalue weighted by Gasteiger charge is 2.25. The van der Waals surface area contributed by atoms with Crippen molar-refractivity contribution in [1.29, 1.82) is 0 Å². The van der Waals surface area contributed by atoms with Gasteiger partial charge in [0, 0.05) is 18.1 Å². The molecule has 2 heterocycles. The van der Waals surface area contributed by atoms with Crippen LogP contribution in [0.4, 0.5) is 5.82 Å².